The van der Waals surface area contributed by atoms with Gasteiger partial charge in [0, 0.05) is 21.6 Å². The molecule has 1 amide bonds. The summed E-state index contributed by atoms with van der Waals surface area (Å²) >= 11 is 3.18. The van der Waals surface area contributed by atoms with E-state index in [-0.39, 0.29) is 5.69 Å². The molecule has 0 aliphatic carbocycles. The van der Waals surface area contributed by atoms with Crippen molar-refractivity contribution in [3.63, 3.8) is 0 Å². The number of thioether (sulfide) groups is 1. The number of carbonyl (C=O) groups excluding carboxylic acids is 1. The molecule has 3 aromatic rings. The standard InChI is InChI=1S/C19H15F3N2O2S2/c1-12-23-14(10-27-12)11-28-15-8-6-13(7-9-15)18(25)24-16-4-2-3-5-17(16)26-19(20,21)22/h2-10H,11H2,1H3,(H,24,25). The Hall–Kier alpha value is -2.52. The Bertz CT molecular complexity index is 956. The van der Waals surface area contributed by atoms with Crippen LogP contribution in [0.1, 0.15) is 21.1 Å². The Balaban J connectivity index is 1.63. The number of aromatic nitrogens is 1. The zero-order chi connectivity index (χ0) is 20.1. The van der Waals surface area contributed by atoms with Crippen LogP contribution in [0, 0.1) is 6.92 Å². The van der Waals surface area contributed by atoms with Crippen molar-refractivity contribution in [2.24, 2.45) is 0 Å². The Labute approximate surface area is 167 Å². The molecule has 146 valence electrons. The first-order valence-electron chi connectivity index (χ1n) is 8.10. The maximum absolute atomic E-state index is 12.5. The summed E-state index contributed by atoms with van der Waals surface area (Å²) in [6.07, 6.45) is -4.84. The molecule has 0 saturated heterocycles. The highest BCUT2D eigenvalue weighted by atomic mass is 32.2. The molecule has 0 bridgehead atoms. The van der Waals surface area contributed by atoms with E-state index >= 15 is 0 Å². The van der Waals surface area contributed by atoms with E-state index in [2.05, 4.69) is 15.0 Å². The summed E-state index contributed by atoms with van der Waals surface area (Å²) in [5.41, 5.74) is 1.27. The highest BCUT2D eigenvalue weighted by Gasteiger charge is 2.32. The fourth-order valence-corrected chi connectivity index (χ4v) is 3.82. The molecule has 28 heavy (non-hydrogen) atoms. The fourth-order valence-electron chi connectivity index (χ4n) is 2.31. The average molecular weight is 424 g/mol. The lowest BCUT2D eigenvalue weighted by Gasteiger charge is -2.14. The Morgan fingerprint density at radius 3 is 2.54 bits per heavy atom. The Morgan fingerprint density at radius 1 is 1.18 bits per heavy atom. The van der Waals surface area contributed by atoms with Gasteiger partial charge in [-0.3, -0.25) is 4.79 Å². The number of hydrogen-bond donors (Lipinski definition) is 1. The van der Waals surface area contributed by atoms with Crippen LogP contribution >= 0.6 is 23.1 Å². The van der Waals surface area contributed by atoms with E-state index in [1.807, 2.05) is 12.3 Å². The third-order valence-corrected chi connectivity index (χ3v) is 5.40. The molecule has 1 heterocycles. The van der Waals surface area contributed by atoms with Gasteiger partial charge in [0.25, 0.3) is 5.91 Å². The molecule has 9 heteroatoms. The quantitative estimate of drug-likeness (QED) is 0.501. The van der Waals surface area contributed by atoms with E-state index in [0.717, 1.165) is 27.4 Å². The predicted molar refractivity (Wildman–Crippen MR) is 104 cm³/mol. The minimum atomic E-state index is -4.84. The first-order valence-corrected chi connectivity index (χ1v) is 9.97. The van der Waals surface area contributed by atoms with Crippen LogP contribution in [0.3, 0.4) is 0 Å². The van der Waals surface area contributed by atoms with Crippen LogP contribution in [-0.4, -0.2) is 17.3 Å². The molecule has 0 saturated carbocycles. The minimum Gasteiger partial charge on any atom is -0.404 e. The van der Waals surface area contributed by atoms with Crippen LogP contribution in [-0.2, 0) is 5.75 Å². The Morgan fingerprint density at radius 2 is 1.89 bits per heavy atom. The number of ether oxygens (including phenoxy) is 1. The lowest BCUT2D eigenvalue weighted by Crippen LogP contribution is -2.19. The fraction of sp³-hybridized carbons (Fsp3) is 0.158. The van der Waals surface area contributed by atoms with Gasteiger partial charge in [-0.05, 0) is 43.3 Å². The lowest BCUT2D eigenvalue weighted by molar-refractivity contribution is -0.274. The molecule has 0 atom stereocenters. The molecule has 0 aliphatic rings. The number of hydrogen-bond acceptors (Lipinski definition) is 5. The van der Waals surface area contributed by atoms with Crippen LogP contribution < -0.4 is 10.1 Å². The van der Waals surface area contributed by atoms with E-state index in [1.165, 1.54) is 18.2 Å². The molecule has 0 radical (unpaired) electrons. The number of thiazole rings is 1. The highest BCUT2D eigenvalue weighted by molar-refractivity contribution is 7.98. The van der Waals surface area contributed by atoms with Gasteiger partial charge in [0.1, 0.15) is 0 Å². The second kappa shape index (κ2) is 8.66. The number of benzene rings is 2. The van der Waals surface area contributed by atoms with Gasteiger partial charge >= 0.3 is 6.36 Å². The number of aryl methyl sites for hydroxylation is 1. The van der Waals surface area contributed by atoms with Crippen LogP contribution in [0.4, 0.5) is 18.9 Å². The summed E-state index contributed by atoms with van der Waals surface area (Å²) in [7, 11) is 0. The third-order valence-electron chi connectivity index (χ3n) is 3.53. The van der Waals surface area contributed by atoms with Gasteiger partial charge in [0.05, 0.1) is 16.4 Å². The lowest BCUT2D eigenvalue weighted by atomic mass is 10.2. The first kappa shape index (κ1) is 20.2. The van der Waals surface area contributed by atoms with Crippen molar-refractivity contribution in [3.05, 3.63) is 70.2 Å². The van der Waals surface area contributed by atoms with Crippen molar-refractivity contribution in [1.29, 1.82) is 0 Å². The number of nitrogens with one attached hydrogen (secondary N) is 1. The second-order valence-electron chi connectivity index (χ2n) is 5.67. The van der Waals surface area contributed by atoms with Gasteiger partial charge < -0.3 is 10.1 Å². The summed E-state index contributed by atoms with van der Waals surface area (Å²) < 4.78 is 41.4. The van der Waals surface area contributed by atoms with Crippen molar-refractivity contribution < 1.29 is 22.7 Å². The summed E-state index contributed by atoms with van der Waals surface area (Å²) in [4.78, 5) is 17.7. The number of rotatable bonds is 6. The SMILES string of the molecule is Cc1nc(CSc2ccc(C(=O)Nc3ccccc3OC(F)(F)F)cc2)cs1. The molecular formula is C19H15F3N2O2S2. The molecule has 1 aromatic heterocycles. The zero-order valence-electron chi connectivity index (χ0n) is 14.6. The van der Waals surface area contributed by atoms with Crippen molar-refractivity contribution in [2.45, 2.75) is 23.9 Å². The zero-order valence-corrected chi connectivity index (χ0v) is 16.3. The van der Waals surface area contributed by atoms with Gasteiger partial charge in [0.2, 0.25) is 0 Å². The largest absolute Gasteiger partial charge is 0.573 e. The van der Waals surface area contributed by atoms with Crippen molar-refractivity contribution in [3.8, 4) is 5.75 Å². The van der Waals surface area contributed by atoms with E-state index < -0.39 is 18.0 Å². The maximum atomic E-state index is 12.5. The summed E-state index contributed by atoms with van der Waals surface area (Å²) in [6, 6.07) is 12.2. The van der Waals surface area contributed by atoms with Crippen LogP contribution in [0.2, 0.25) is 0 Å². The number of halogens is 3. The molecule has 1 N–H and O–H groups in total. The average Bonchev–Trinajstić information content (AvgIpc) is 3.06. The molecule has 0 aliphatic heterocycles. The highest BCUT2D eigenvalue weighted by Crippen LogP contribution is 2.30. The summed E-state index contributed by atoms with van der Waals surface area (Å²) in [5, 5.41) is 5.47. The molecule has 2 aromatic carbocycles. The number of nitrogens with zero attached hydrogens (tertiary/aromatic N) is 1. The van der Waals surface area contributed by atoms with E-state index in [4.69, 9.17) is 0 Å². The monoisotopic (exact) mass is 424 g/mol. The van der Waals surface area contributed by atoms with Crippen LogP contribution in [0.15, 0.2) is 58.8 Å². The smallest absolute Gasteiger partial charge is 0.404 e. The van der Waals surface area contributed by atoms with Gasteiger partial charge in [0.15, 0.2) is 5.75 Å². The topological polar surface area (TPSA) is 51.2 Å². The molecule has 0 unspecified atom stereocenters. The molecule has 0 fully saturated rings. The molecule has 4 nitrogen and oxygen atoms in total. The number of anilines is 1. The van der Waals surface area contributed by atoms with Crippen LogP contribution in [0.25, 0.3) is 0 Å². The molecule has 3 rings (SSSR count). The van der Waals surface area contributed by atoms with Crippen molar-refractivity contribution in [1.82, 2.24) is 4.98 Å². The minimum absolute atomic E-state index is 0.0535. The molecular weight excluding hydrogens is 409 g/mol. The van der Waals surface area contributed by atoms with Gasteiger partial charge in [-0.2, -0.15) is 0 Å². The third kappa shape index (κ3) is 5.74. The van der Waals surface area contributed by atoms with Gasteiger partial charge in [-0.15, -0.1) is 36.3 Å². The van der Waals surface area contributed by atoms with Crippen molar-refractivity contribution in [2.75, 3.05) is 5.32 Å². The van der Waals surface area contributed by atoms with Gasteiger partial charge in [-0.1, -0.05) is 12.1 Å². The summed E-state index contributed by atoms with van der Waals surface area (Å²) in [6.45, 7) is 1.95. The van der Waals surface area contributed by atoms with E-state index in [0.29, 0.717) is 5.56 Å². The normalized spacial score (nSPS) is 11.3. The number of para-hydroxylation sites is 2. The maximum Gasteiger partial charge on any atom is 0.573 e. The number of amides is 1. The molecule has 0 spiro atoms. The van der Waals surface area contributed by atoms with E-state index in [9.17, 15) is 18.0 Å². The van der Waals surface area contributed by atoms with E-state index in [1.54, 1.807) is 47.4 Å². The first-order chi connectivity index (χ1) is 13.3. The predicted octanol–water partition coefficient (Wildman–Crippen LogP) is 5.89. The Kier molecular flexibility index (Phi) is 6.25. The van der Waals surface area contributed by atoms with Crippen LogP contribution in [0.5, 0.6) is 5.75 Å². The number of carbonyl (C=O) groups is 1. The second-order valence-corrected chi connectivity index (χ2v) is 7.78. The summed E-state index contributed by atoms with van der Waals surface area (Å²) in [5.74, 6) is -0.267. The number of alkyl halides is 3. The van der Waals surface area contributed by atoms with Gasteiger partial charge in [-0.25, -0.2) is 4.98 Å². The van der Waals surface area contributed by atoms with Crippen molar-refractivity contribution >= 4 is 34.7 Å².